The second-order valence-electron chi connectivity index (χ2n) is 4.16. The third-order valence-electron chi connectivity index (χ3n) is 2.82. The molecule has 14 heavy (non-hydrogen) atoms. The molecule has 1 aliphatic carbocycles. The summed E-state index contributed by atoms with van der Waals surface area (Å²) in [5, 5.41) is 4.32. The van der Waals surface area contributed by atoms with Crippen molar-refractivity contribution in [1.82, 2.24) is 4.90 Å². The van der Waals surface area contributed by atoms with Crippen LogP contribution in [0.1, 0.15) is 19.3 Å². The summed E-state index contributed by atoms with van der Waals surface area (Å²) in [6.45, 7) is 0.999. The van der Waals surface area contributed by atoms with Crippen LogP contribution in [0.15, 0.2) is 0 Å². The lowest BCUT2D eigenvalue weighted by Crippen LogP contribution is -2.33. The highest BCUT2D eigenvalue weighted by Gasteiger charge is 2.38. The summed E-state index contributed by atoms with van der Waals surface area (Å²) in [6, 6.07) is 0. The van der Waals surface area contributed by atoms with Crippen LogP contribution in [0.3, 0.4) is 0 Å². The first-order valence-electron chi connectivity index (χ1n) is 4.76. The van der Waals surface area contributed by atoms with Gasteiger partial charge in [-0.25, -0.2) is 13.6 Å². The topological polar surface area (TPSA) is 80.5 Å². The van der Waals surface area contributed by atoms with Gasteiger partial charge >= 0.3 is 0 Å². The minimum absolute atomic E-state index is 0.0611. The number of primary sulfonamides is 1. The van der Waals surface area contributed by atoms with Gasteiger partial charge < -0.3 is 4.90 Å². The third-order valence-corrected chi connectivity index (χ3v) is 4.06. The molecule has 6 heteroatoms. The largest absolute Gasteiger partial charge is 0.341 e. The summed E-state index contributed by atoms with van der Waals surface area (Å²) in [4.78, 5) is 13.0. The molecule has 5 nitrogen and oxygen atoms in total. The highest BCUT2D eigenvalue weighted by atomic mass is 32.2. The predicted molar refractivity (Wildman–Crippen MR) is 50.8 cm³/mol. The van der Waals surface area contributed by atoms with Crippen molar-refractivity contribution in [2.24, 2.45) is 11.1 Å². The highest BCUT2D eigenvalue weighted by molar-refractivity contribution is 7.89. The molecule has 0 aromatic heterocycles. The number of carbonyl (C=O) groups excluding carboxylic acids is 1. The first-order valence-corrected chi connectivity index (χ1v) is 6.37. The van der Waals surface area contributed by atoms with Gasteiger partial charge in [-0.3, -0.25) is 4.79 Å². The maximum Gasteiger partial charge on any atom is 0.224 e. The van der Waals surface area contributed by atoms with Crippen molar-refractivity contribution in [1.29, 1.82) is 0 Å². The van der Waals surface area contributed by atoms with Gasteiger partial charge in [-0.15, -0.1) is 0 Å². The van der Waals surface area contributed by atoms with Crippen LogP contribution in [0, 0.1) is 5.92 Å². The number of amides is 1. The lowest BCUT2D eigenvalue weighted by Gasteiger charge is -2.15. The number of hydrogen-bond acceptors (Lipinski definition) is 3. The van der Waals surface area contributed by atoms with Crippen molar-refractivity contribution in [2.75, 3.05) is 13.1 Å². The number of nitrogens with two attached hydrogens (primary N) is 1. The zero-order valence-corrected chi connectivity index (χ0v) is 8.66. The van der Waals surface area contributed by atoms with Crippen molar-refractivity contribution in [3.8, 4) is 0 Å². The first-order chi connectivity index (χ1) is 6.47. The Morgan fingerprint density at radius 2 is 2.07 bits per heavy atom. The second kappa shape index (κ2) is 3.20. The van der Waals surface area contributed by atoms with E-state index in [0.717, 1.165) is 12.8 Å². The van der Waals surface area contributed by atoms with Gasteiger partial charge in [-0.05, 0) is 18.8 Å². The van der Waals surface area contributed by atoms with Gasteiger partial charge in [-0.1, -0.05) is 0 Å². The molecule has 0 aromatic carbocycles. The molecule has 1 amide bonds. The van der Waals surface area contributed by atoms with Crippen molar-refractivity contribution in [3.05, 3.63) is 0 Å². The molecule has 2 fully saturated rings. The normalized spacial score (nSPS) is 28.5. The summed E-state index contributed by atoms with van der Waals surface area (Å²) >= 11 is 0. The fourth-order valence-corrected chi connectivity index (χ4v) is 2.51. The number of rotatable bonds is 3. The molecular formula is C8H14N2O3S. The molecule has 1 heterocycles. The Morgan fingerprint density at radius 3 is 2.50 bits per heavy atom. The molecular weight excluding hydrogens is 204 g/mol. The molecule has 2 N–H and O–H groups in total. The van der Waals surface area contributed by atoms with E-state index >= 15 is 0 Å². The van der Waals surface area contributed by atoms with Crippen molar-refractivity contribution < 1.29 is 13.2 Å². The van der Waals surface area contributed by atoms with E-state index in [1.54, 1.807) is 4.90 Å². The Kier molecular flexibility index (Phi) is 2.27. The Balaban J connectivity index is 1.99. The SMILES string of the molecule is NS(=O)(=O)C1CC(=O)N(CC2CC2)C1. The second-order valence-corrected chi connectivity index (χ2v) is 6.00. The van der Waals surface area contributed by atoms with E-state index in [9.17, 15) is 13.2 Å². The summed E-state index contributed by atoms with van der Waals surface area (Å²) in [5.74, 6) is 0.522. The molecule has 0 radical (unpaired) electrons. The monoisotopic (exact) mass is 218 g/mol. The van der Waals surface area contributed by atoms with Crippen molar-refractivity contribution in [2.45, 2.75) is 24.5 Å². The smallest absolute Gasteiger partial charge is 0.224 e. The maximum atomic E-state index is 11.4. The minimum atomic E-state index is -3.55. The molecule has 80 valence electrons. The number of nitrogens with zero attached hydrogens (tertiary/aromatic N) is 1. The third kappa shape index (κ3) is 2.06. The maximum absolute atomic E-state index is 11.4. The molecule has 2 rings (SSSR count). The van der Waals surface area contributed by atoms with Crippen LogP contribution in [0.2, 0.25) is 0 Å². The standard InChI is InChI=1S/C8H14N2O3S/c9-14(12,13)7-3-8(11)10(5-7)4-6-1-2-6/h6-7H,1-5H2,(H2,9,12,13). The van der Waals surface area contributed by atoms with Crippen LogP contribution < -0.4 is 5.14 Å². The van der Waals surface area contributed by atoms with Crippen molar-refractivity contribution >= 4 is 15.9 Å². The Hall–Kier alpha value is -0.620. The molecule has 0 bridgehead atoms. The summed E-state index contributed by atoms with van der Waals surface area (Å²) < 4.78 is 22.0. The van der Waals surface area contributed by atoms with Gasteiger partial charge in [0, 0.05) is 19.5 Å². The highest BCUT2D eigenvalue weighted by Crippen LogP contribution is 2.31. The lowest BCUT2D eigenvalue weighted by molar-refractivity contribution is -0.127. The summed E-state index contributed by atoms with van der Waals surface area (Å²) in [5.41, 5.74) is 0. The van der Waals surface area contributed by atoms with Gasteiger partial charge in [0.1, 0.15) is 5.25 Å². The molecule has 1 saturated heterocycles. The zero-order chi connectivity index (χ0) is 10.3. The van der Waals surface area contributed by atoms with E-state index in [4.69, 9.17) is 5.14 Å². The fourth-order valence-electron chi connectivity index (χ4n) is 1.74. The van der Waals surface area contributed by atoms with Crippen LogP contribution in [-0.2, 0) is 14.8 Å². The van der Waals surface area contributed by atoms with Gasteiger partial charge in [0.25, 0.3) is 0 Å². The van der Waals surface area contributed by atoms with Crippen LogP contribution in [-0.4, -0.2) is 37.6 Å². The van der Waals surface area contributed by atoms with E-state index in [-0.39, 0.29) is 18.9 Å². The Bertz CT molecular complexity index is 348. The summed E-state index contributed by atoms with van der Waals surface area (Å²) in [7, 11) is -3.55. The molecule has 0 aromatic rings. The molecule has 1 atom stereocenters. The van der Waals surface area contributed by atoms with Crippen LogP contribution in [0.4, 0.5) is 0 Å². The van der Waals surface area contributed by atoms with E-state index in [1.165, 1.54) is 0 Å². The molecule has 0 spiro atoms. The van der Waals surface area contributed by atoms with E-state index in [1.807, 2.05) is 0 Å². The summed E-state index contributed by atoms with van der Waals surface area (Å²) in [6.07, 6.45) is 2.37. The zero-order valence-electron chi connectivity index (χ0n) is 7.85. The number of hydrogen-bond donors (Lipinski definition) is 1. The number of sulfonamides is 1. The molecule has 1 saturated carbocycles. The van der Waals surface area contributed by atoms with Gasteiger partial charge in [0.2, 0.25) is 15.9 Å². The van der Waals surface area contributed by atoms with Crippen LogP contribution >= 0.6 is 0 Å². The van der Waals surface area contributed by atoms with Crippen LogP contribution in [0.5, 0.6) is 0 Å². The van der Waals surface area contributed by atoms with Gasteiger partial charge in [-0.2, -0.15) is 0 Å². The number of carbonyl (C=O) groups is 1. The molecule has 2 aliphatic rings. The first kappa shape index (κ1) is 9.92. The number of likely N-dealkylation sites (tertiary alicyclic amines) is 1. The Labute approximate surface area is 83.3 Å². The quantitative estimate of drug-likeness (QED) is 0.679. The minimum Gasteiger partial charge on any atom is -0.341 e. The van der Waals surface area contributed by atoms with E-state index in [2.05, 4.69) is 0 Å². The van der Waals surface area contributed by atoms with E-state index in [0.29, 0.717) is 12.5 Å². The fraction of sp³-hybridized carbons (Fsp3) is 0.875. The van der Waals surface area contributed by atoms with E-state index < -0.39 is 15.3 Å². The lowest BCUT2D eigenvalue weighted by atomic mass is 10.4. The van der Waals surface area contributed by atoms with Crippen LogP contribution in [0.25, 0.3) is 0 Å². The van der Waals surface area contributed by atoms with Crippen molar-refractivity contribution in [3.63, 3.8) is 0 Å². The van der Waals surface area contributed by atoms with Gasteiger partial charge in [0.15, 0.2) is 0 Å². The average Bonchev–Trinajstić information content (AvgIpc) is 2.76. The predicted octanol–water partition coefficient (Wildman–Crippen LogP) is -0.714. The molecule has 1 aliphatic heterocycles. The average molecular weight is 218 g/mol. The van der Waals surface area contributed by atoms with Gasteiger partial charge in [0.05, 0.1) is 0 Å². The molecule has 1 unspecified atom stereocenters. The Morgan fingerprint density at radius 1 is 1.43 bits per heavy atom.